The van der Waals surface area contributed by atoms with Crippen LogP contribution in [-0.4, -0.2) is 51.5 Å². The largest absolute Gasteiger partial charge is 0.368 e. The lowest BCUT2D eigenvalue weighted by atomic mass is 10.1. The van der Waals surface area contributed by atoms with Gasteiger partial charge in [-0.2, -0.15) is 0 Å². The van der Waals surface area contributed by atoms with E-state index < -0.39 is 20.7 Å². The molecule has 1 aromatic heterocycles. The molecule has 0 unspecified atom stereocenters. The third-order valence-corrected chi connectivity index (χ3v) is 7.91. The van der Waals surface area contributed by atoms with E-state index in [-0.39, 0.29) is 16.5 Å². The van der Waals surface area contributed by atoms with Crippen LogP contribution in [0.2, 0.25) is 5.02 Å². The molecule has 11 heteroatoms. The van der Waals surface area contributed by atoms with Crippen molar-refractivity contribution < 1.29 is 12.8 Å². The van der Waals surface area contributed by atoms with Crippen LogP contribution in [0.15, 0.2) is 46.1 Å². The molecule has 176 valence electrons. The molecule has 0 bridgehead atoms. The summed E-state index contributed by atoms with van der Waals surface area (Å²) in [5.41, 5.74) is 4.65. The number of sulfonamides is 1. The van der Waals surface area contributed by atoms with E-state index >= 15 is 0 Å². The molecule has 0 aliphatic carbocycles. The normalized spacial score (nSPS) is 16.4. The molecule has 1 saturated heterocycles. The molecular formula is C22H25ClFN5O2S2. The van der Waals surface area contributed by atoms with Gasteiger partial charge in [0.05, 0.1) is 27.6 Å². The third kappa shape index (κ3) is 5.24. The van der Waals surface area contributed by atoms with Crippen molar-refractivity contribution in [2.24, 2.45) is 0 Å². The van der Waals surface area contributed by atoms with Crippen molar-refractivity contribution in [1.29, 1.82) is 0 Å². The first-order valence-corrected chi connectivity index (χ1v) is 13.1. The van der Waals surface area contributed by atoms with Crippen molar-refractivity contribution in [2.75, 3.05) is 42.1 Å². The van der Waals surface area contributed by atoms with Gasteiger partial charge in [0.15, 0.2) is 5.82 Å². The molecule has 2 heterocycles. The highest BCUT2D eigenvalue weighted by Gasteiger charge is 2.27. The Bertz CT molecular complexity index is 1250. The highest BCUT2D eigenvalue weighted by Crippen LogP contribution is 2.36. The maximum atomic E-state index is 14.9. The second-order valence-electron chi connectivity index (χ2n) is 8.24. The van der Waals surface area contributed by atoms with Crippen molar-refractivity contribution in [3.8, 4) is 0 Å². The van der Waals surface area contributed by atoms with Gasteiger partial charge in [-0.05, 0) is 51.2 Å². The van der Waals surface area contributed by atoms with Gasteiger partial charge in [0.25, 0.3) is 10.0 Å². The summed E-state index contributed by atoms with van der Waals surface area (Å²) in [6.07, 6.45) is 1.05. The number of rotatable bonds is 7. The number of anilines is 4. The smallest absolute Gasteiger partial charge is 0.266 e. The van der Waals surface area contributed by atoms with Crippen LogP contribution in [0.4, 0.5) is 27.3 Å². The summed E-state index contributed by atoms with van der Waals surface area (Å²) in [5, 5.41) is 4.81. The van der Waals surface area contributed by atoms with Crippen molar-refractivity contribution in [2.45, 2.75) is 24.3 Å². The van der Waals surface area contributed by atoms with Crippen molar-refractivity contribution in [1.82, 2.24) is 9.88 Å². The Morgan fingerprint density at radius 2 is 2.03 bits per heavy atom. The second kappa shape index (κ2) is 9.46. The van der Waals surface area contributed by atoms with Crippen LogP contribution < -0.4 is 14.9 Å². The first-order chi connectivity index (χ1) is 15.6. The number of nitrogens with one attached hydrogen (secondary N) is 2. The van der Waals surface area contributed by atoms with Crippen LogP contribution in [-0.2, 0) is 10.0 Å². The lowest BCUT2D eigenvalue weighted by molar-refractivity contribution is 0.315. The Labute approximate surface area is 202 Å². The maximum Gasteiger partial charge on any atom is 0.266 e. The highest BCUT2D eigenvalue weighted by atomic mass is 35.5. The Morgan fingerprint density at radius 3 is 2.70 bits per heavy atom. The van der Waals surface area contributed by atoms with Gasteiger partial charge in [-0.25, -0.2) is 17.8 Å². The molecule has 0 saturated carbocycles. The van der Waals surface area contributed by atoms with Gasteiger partial charge in [-0.1, -0.05) is 17.7 Å². The molecule has 2 N–H and O–H groups in total. The van der Waals surface area contributed by atoms with Crippen molar-refractivity contribution in [3.05, 3.63) is 57.6 Å². The topological polar surface area (TPSA) is 77.6 Å². The van der Waals surface area contributed by atoms with E-state index in [0.29, 0.717) is 6.04 Å². The maximum absolute atomic E-state index is 14.9. The van der Waals surface area contributed by atoms with E-state index in [1.165, 1.54) is 22.2 Å². The summed E-state index contributed by atoms with van der Waals surface area (Å²) in [7, 11) is -0.0243. The molecule has 7 nitrogen and oxygen atoms in total. The van der Waals surface area contributed by atoms with Crippen LogP contribution in [0, 0.1) is 12.7 Å². The van der Waals surface area contributed by atoms with Gasteiger partial charge in [-0.15, -0.1) is 11.3 Å². The number of halogens is 2. The quantitative estimate of drug-likeness (QED) is 0.470. The first kappa shape index (κ1) is 23.7. The van der Waals surface area contributed by atoms with Crippen LogP contribution in [0.5, 0.6) is 0 Å². The summed E-state index contributed by atoms with van der Waals surface area (Å²) in [5.74, 6) is -0.782. The van der Waals surface area contributed by atoms with Gasteiger partial charge in [0, 0.05) is 30.6 Å². The number of aryl methyl sites for hydroxylation is 1. The Morgan fingerprint density at radius 1 is 1.24 bits per heavy atom. The van der Waals surface area contributed by atoms with Crippen molar-refractivity contribution >= 4 is 55.8 Å². The molecule has 0 spiro atoms. The molecule has 2 aromatic carbocycles. The molecular weight excluding hydrogens is 485 g/mol. The lowest BCUT2D eigenvalue weighted by Gasteiger charge is -2.25. The van der Waals surface area contributed by atoms with Crippen LogP contribution in [0.1, 0.15) is 12.0 Å². The fraction of sp³-hybridized carbons (Fsp3) is 0.318. The summed E-state index contributed by atoms with van der Waals surface area (Å²) in [6.45, 7) is 3.81. The average Bonchev–Trinajstić information content (AvgIpc) is 3.43. The number of likely N-dealkylation sites (N-methyl/N-ethyl adjacent to an activating group) is 1. The van der Waals surface area contributed by atoms with E-state index in [2.05, 4.69) is 45.0 Å². The fourth-order valence-corrected chi connectivity index (χ4v) is 5.74. The van der Waals surface area contributed by atoms with E-state index in [1.54, 1.807) is 0 Å². The van der Waals surface area contributed by atoms with E-state index in [9.17, 15) is 12.8 Å². The number of hydrogen-bond acceptors (Lipinski definition) is 7. The molecule has 1 atom stereocenters. The molecule has 1 aliphatic rings. The Balaban J connectivity index is 1.62. The lowest BCUT2D eigenvalue weighted by Crippen LogP contribution is -2.31. The minimum Gasteiger partial charge on any atom is -0.368 e. The predicted molar refractivity (Wildman–Crippen MR) is 133 cm³/mol. The minimum absolute atomic E-state index is 0.0918. The van der Waals surface area contributed by atoms with E-state index in [1.807, 2.05) is 19.1 Å². The Hall–Kier alpha value is -2.40. The number of aromatic nitrogens is 1. The fourth-order valence-electron chi connectivity index (χ4n) is 3.82. The molecule has 1 aliphatic heterocycles. The third-order valence-electron chi connectivity index (χ3n) is 5.64. The summed E-state index contributed by atoms with van der Waals surface area (Å²) in [6, 6.07) is 8.65. The standard InChI is InChI=1S/C22H25ClFN5O2S2/c1-14-4-5-18(20(8-14)29-7-6-15(11-29)28(2)3)26-19-10-17(24)21(9-16(19)23)33(30,31)27-22-12-32-13-25-22/h4-5,8-10,12-13,15,26-27H,6-7,11H2,1-3H3/t15-/m0/s1. The molecule has 1 fully saturated rings. The van der Waals surface area contributed by atoms with Gasteiger partial charge < -0.3 is 15.1 Å². The summed E-state index contributed by atoms with van der Waals surface area (Å²) in [4.78, 5) is 7.85. The minimum atomic E-state index is -4.17. The zero-order valence-electron chi connectivity index (χ0n) is 18.5. The van der Waals surface area contributed by atoms with Crippen LogP contribution in [0.25, 0.3) is 0 Å². The zero-order valence-corrected chi connectivity index (χ0v) is 20.9. The first-order valence-electron chi connectivity index (χ1n) is 10.3. The summed E-state index contributed by atoms with van der Waals surface area (Å²) >= 11 is 7.62. The van der Waals surface area contributed by atoms with Gasteiger partial charge in [0.2, 0.25) is 0 Å². The molecule has 4 rings (SSSR count). The van der Waals surface area contributed by atoms with Gasteiger partial charge in [-0.3, -0.25) is 4.72 Å². The summed E-state index contributed by atoms with van der Waals surface area (Å²) < 4.78 is 42.4. The van der Waals surface area contributed by atoms with Crippen LogP contribution >= 0.6 is 22.9 Å². The molecule has 3 aromatic rings. The zero-order chi connectivity index (χ0) is 23.8. The van der Waals surface area contributed by atoms with E-state index in [0.717, 1.165) is 48.6 Å². The second-order valence-corrected chi connectivity index (χ2v) is 11.0. The molecule has 0 radical (unpaired) electrons. The Kier molecular flexibility index (Phi) is 6.81. The molecule has 0 amide bonds. The number of nitrogens with zero attached hydrogens (tertiary/aromatic N) is 3. The van der Waals surface area contributed by atoms with E-state index in [4.69, 9.17) is 11.6 Å². The average molecular weight is 510 g/mol. The van der Waals surface area contributed by atoms with Gasteiger partial charge in [0.1, 0.15) is 10.7 Å². The predicted octanol–water partition coefficient (Wildman–Crippen LogP) is 4.93. The highest BCUT2D eigenvalue weighted by molar-refractivity contribution is 7.92. The number of thiazole rings is 1. The number of hydrogen-bond donors (Lipinski definition) is 2. The monoisotopic (exact) mass is 509 g/mol. The van der Waals surface area contributed by atoms with Gasteiger partial charge >= 0.3 is 0 Å². The van der Waals surface area contributed by atoms with Crippen molar-refractivity contribution in [3.63, 3.8) is 0 Å². The SMILES string of the molecule is Cc1ccc(Nc2cc(F)c(S(=O)(=O)Nc3cscn3)cc2Cl)c(N2CC[C@H](N(C)C)C2)c1. The molecule has 33 heavy (non-hydrogen) atoms. The van der Waals surface area contributed by atoms with Crippen LogP contribution in [0.3, 0.4) is 0 Å². The number of benzene rings is 2.